The van der Waals surface area contributed by atoms with Gasteiger partial charge in [-0.1, -0.05) is 12.1 Å². The Balaban J connectivity index is 1.82. The molecule has 0 amide bonds. The molecule has 1 saturated heterocycles. The lowest BCUT2D eigenvalue weighted by Crippen LogP contribution is -2.45. The van der Waals surface area contributed by atoms with E-state index < -0.39 is 0 Å². The summed E-state index contributed by atoms with van der Waals surface area (Å²) in [5.74, 6) is 0.531. The van der Waals surface area contributed by atoms with Gasteiger partial charge < -0.3 is 14.1 Å². The molecule has 0 unspecified atom stereocenters. The van der Waals surface area contributed by atoms with E-state index in [0.717, 1.165) is 5.56 Å². The predicted molar refractivity (Wildman–Crippen MR) is 88.8 cm³/mol. The summed E-state index contributed by atoms with van der Waals surface area (Å²) < 4.78 is 24.4. The molecule has 1 aliphatic heterocycles. The number of benzene rings is 1. The first kappa shape index (κ1) is 16.2. The van der Waals surface area contributed by atoms with Crippen LogP contribution in [0.1, 0.15) is 31.0 Å². The summed E-state index contributed by atoms with van der Waals surface area (Å²) in [5.41, 5.74) is 1.08. The monoisotopic (exact) mass is 327 g/mol. The van der Waals surface area contributed by atoms with Crippen LogP contribution in [0.25, 0.3) is 12.2 Å². The fourth-order valence-electron chi connectivity index (χ4n) is 2.77. The van der Waals surface area contributed by atoms with Gasteiger partial charge in [0, 0.05) is 19.2 Å². The minimum atomic E-state index is -0.284. The Morgan fingerprint density at radius 3 is 2.50 bits per heavy atom. The third-order valence-corrected chi connectivity index (χ3v) is 3.73. The van der Waals surface area contributed by atoms with Crippen LogP contribution in [0.2, 0.25) is 0 Å². The Morgan fingerprint density at radius 2 is 1.88 bits per heavy atom. The van der Waals surface area contributed by atoms with E-state index in [1.54, 1.807) is 24.3 Å². The number of oxazole rings is 1. The molecule has 6 heteroatoms. The highest BCUT2D eigenvalue weighted by atomic mass is 19.1. The summed E-state index contributed by atoms with van der Waals surface area (Å²) in [7, 11) is 0. The maximum atomic E-state index is 12.9. The zero-order chi connectivity index (χ0) is 17.1. The van der Waals surface area contributed by atoms with Crippen molar-refractivity contribution in [3.8, 4) is 6.07 Å². The summed E-state index contributed by atoms with van der Waals surface area (Å²) in [6, 6.07) is 8.17. The molecule has 1 fully saturated rings. The van der Waals surface area contributed by atoms with Gasteiger partial charge in [-0.2, -0.15) is 10.2 Å². The lowest BCUT2D eigenvalue weighted by Gasteiger charge is -2.34. The lowest BCUT2D eigenvalue weighted by atomic mass is 10.2. The summed E-state index contributed by atoms with van der Waals surface area (Å²) >= 11 is 0. The second-order valence-corrected chi connectivity index (χ2v) is 5.86. The first-order chi connectivity index (χ1) is 11.5. The van der Waals surface area contributed by atoms with Crippen molar-refractivity contribution in [1.29, 1.82) is 5.26 Å². The third kappa shape index (κ3) is 3.63. The Kier molecular flexibility index (Phi) is 4.63. The third-order valence-electron chi connectivity index (χ3n) is 3.73. The number of rotatable bonds is 3. The molecular formula is C18H18FN3O2. The van der Waals surface area contributed by atoms with E-state index in [1.807, 2.05) is 18.7 Å². The number of aromatic nitrogens is 1. The normalized spacial score (nSPS) is 21.2. The van der Waals surface area contributed by atoms with E-state index >= 15 is 0 Å². The number of nitriles is 1. The molecule has 1 aliphatic rings. The first-order valence-corrected chi connectivity index (χ1v) is 7.80. The average Bonchev–Trinajstić information content (AvgIpc) is 2.97. The molecule has 3 rings (SSSR count). The SMILES string of the molecule is C[C@H]1CN(c2oc(/C=C/c3ccc(F)cc3)nc2C#N)C[C@H](C)O1. The van der Waals surface area contributed by atoms with Crippen molar-refractivity contribution in [1.82, 2.24) is 4.98 Å². The Bertz CT molecular complexity index is 767. The molecule has 0 radical (unpaired) electrons. The van der Waals surface area contributed by atoms with Crippen molar-refractivity contribution in [2.45, 2.75) is 26.1 Å². The number of ether oxygens (including phenoxy) is 1. The van der Waals surface area contributed by atoms with Gasteiger partial charge >= 0.3 is 0 Å². The first-order valence-electron chi connectivity index (χ1n) is 7.80. The topological polar surface area (TPSA) is 62.3 Å². The van der Waals surface area contributed by atoms with Crippen LogP contribution in [0.15, 0.2) is 28.7 Å². The van der Waals surface area contributed by atoms with Gasteiger partial charge in [-0.3, -0.25) is 0 Å². The average molecular weight is 327 g/mol. The second-order valence-electron chi connectivity index (χ2n) is 5.86. The number of morpholine rings is 1. The molecule has 24 heavy (non-hydrogen) atoms. The lowest BCUT2D eigenvalue weighted by molar-refractivity contribution is -0.00642. The van der Waals surface area contributed by atoms with Crippen LogP contribution in [-0.2, 0) is 4.74 Å². The molecule has 0 spiro atoms. The number of hydrogen-bond acceptors (Lipinski definition) is 5. The zero-order valence-corrected chi connectivity index (χ0v) is 13.6. The van der Waals surface area contributed by atoms with Crippen LogP contribution in [0.4, 0.5) is 10.3 Å². The molecule has 2 atom stereocenters. The molecule has 2 aromatic rings. The van der Waals surface area contributed by atoms with Gasteiger partial charge in [0.1, 0.15) is 11.9 Å². The van der Waals surface area contributed by atoms with Crippen molar-refractivity contribution >= 4 is 18.0 Å². The van der Waals surface area contributed by atoms with Crippen molar-refractivity contribution in [2.24, 2.45) is 0 Å². The molecule has 1 aromatic heterocycles. The van der Waals surface area contributed by atoms with Crippen LogP contribution in [0, 0.1) is 17.1 Å². The minimum Gasteiger partial charge on any atom is -0.420 e. The highest BCUT2D eigenvalue weighted by molar-refractivity contribution is 5.67. The largest absolute Gasteiger partial charge is 0.420 e. The van der Waals surface area contributed by atoms with Crippen molar-refractivity contribution < 1.29 is 13.5 Å². The highest BCUT2D eigenvalue weighted by Crippen LogP contribution is 2.26. The summed E-state index contributed by atoms with van der Waals surface area (Å²) in [6.07, 6.45) is 3.55. The van der Waals surface area contributed by atoms with Crippen LogP contribution in [0.5, 0.6) is 0 Å². The Labute approximate surface area is 140 Å². The molecule has 124 valence electrons. The maximum Gasteiger partial charge on any atom is 0.235 e. The summed E-state index contributed by atoms with van der Waals surface area (Å²) in [6.45, 7) is 5.27. The zero-order valence-electron chi connectivity index (χ0n) is 13.6. The quantitative estimate of drug-likeness (QED) is 0.864. The molecule has 0 bridgehead atoms. The van der Waals surface area contributed by atoms with Crippen LogP contribution in [-0.4, -0.2) is 30.3 Å². The van der Waals surface area contributed by atoms with E-state index in [-0.39, 0.29) is 23.7 Å². The molecule has 0 saturated carbocycles. The number of halogens is 1. The second kappa shape index (κ2) is 6.85. The summed E-state index contributed by atoms with van der Waals surface area (Å²) in [4.78, 5) is 6.20. The molecule has 0 aliphatic carbocycles. The van der Waals surface area contributed by atoms with Gasteiger partial charge in [0.25, 0.3) is 0 Å². The van der Waals surface area contributed by atoms with E-state index in [1.165, 1.54) is 12.1 Å². The summed E-state index contributed by atoms with van der Waals surface area (Å²) in [5, 5.41) is 9.31. The number of nitrogens with zero attached hydrogens (tertiary/aromatic N) is 3. The smallest absolute Gasteiger partial charge is 0.235 e. The molecule has 5 nitrogen and oxygen atoms in total. The van der Waals surface area contributed by atoms with Crippen LogP contribution in [0.3, 0.4) is 0 Å². The Hall–Kier alpha value is -2.65. The van der Waals surface area contributed by atoms with Gasteiger partial charge in [-0.05, 0) is 37.6 Å². The van der Waals surface area contributed by atoms with Gasteiger partial charge in [-0.15, -0.1) is 0 Å². The van der Waals surface area contributed by atoms with Gasteiger partial charge in [0.05, 0.1) is 12.2 Å². The highest BCUT2D eigenvalue weighted by Gasteiger charge is 2.27. The van der Waals surface area contributed by atoms with Crippen molar-refractivity contribution in [2.75, 3.05) is 18.0 Å². The van der Waals surface area contributed by atoms with Crippen molar-refractivity contribution in [3.05, 3.63) is 47.2 Å². The van der Waals surface area contributed by atoms with Crippen LogP contribution < -0.4 is 4.90 Å². The Morgan fingerprint density at radius 1 is 1.21 bits per heavy atom. The standard InChI is InChI=1S/C18H18FN3O2/c1-12-10-22(11-13(2)23-12)18-16(9-20)21-17(24-18)8-5-14-3-6-15(19)7-4-14/h3-8,12-13H,10-11H2,1-2H3/b8-5+/t12-,13-/m0/s1. The molecular weight excluding hydrogens is 309 g/mol. The van der Waals surface area contributed by atoms with E-state index in [2.05, 4.69) is 11.1 Å². The predicted octanol–water partition coefficient (Wildman–Crippen LogP) is 3.47. The number of hydrogen-bond donors (Lipinski definition) is 0. The van der Waals surface area contributed by atoms with Crippen LogP contribution >= 0.6 is 0 Å². The maximum absolute atomic E-state index is 12.9. The minimum absolute atomic E-state index is 0.0589. The molecule has 1 aromatic carbocycles. The van der Waals surface area contributed by atoms with Gasteiger partial charge in [-0.25, -0.2) is 4.39 Å². The van der Waals surface area contributed by atoms with E-state index in [4.69, 9.17) is 9.15 Å². The van der Waals surface area contributed by atoms with E-state index in [0.29, 0.717) is 24.9 Å². The van der Waals surface area contributed by atoms with Crippen molar-refractivity contribution in [3.63, 3.8) is 0 Å². The molecule has 0 N–H and O–H groups in total. The molecule has 2 heterocycles. The van der Waals surface area contributed by atoms with E-state index in [9.17, 15) is 9.65 Å². The van der Waals surface area contributed by atoms with Gasteiger partial charge in [0.15, 0.2) is 0 Å². The van der Waals surface area contributed by atoms with Gasteiger partial charge in [0.2, 0.25) is 17.5 Å². The fraction of sp³-hybridized carbons (Fsp3) is 0.333. The fourth-order valence-corrected chi connectivity index (χ4v) is 2.77. The number of anilines is 1.